The van der Waals surface area contributed by atoms with Crippen molar-refractivity contribution in [3.8, 4) is 0 Å². The Morgan fingerprint density at radius 2 is 1.80 bits per heavy atom. The number of nitrogens with zero attached hydrogens (tertiary/aromatic N) is 1. The van der Waals surface area contributed by atoms with Crippen molar-refractivity contribution in [3.63, 3.8) is 0 Å². The molecule has 0 aliphatic carbocycles. The van der Waals surface area contributed by atoms with E-state index in [1.165, 1.54) is 4.31 Å². The fourth-order valence-corrected chi connectivity index (χ4v) is 3.27. The number of unbranched alkanes of at least 4 members (excludes halogenated alkanes) is 2. The van der Waals surface area contributed by atoms with Crippen molar-refractivity contribution in [1.82, 2.24) is 4.31 Å². The molecule has 0 heterocycles. The molecular formula is C14H24N2O3S. The summed E-state index contributed by atoms with van der Waals surface area (Å²) in [5.74, 6) is -0.0170. The van der Waals surface area contributed by atoms with Crippen LogP contribution in [-0.2, 0) is 22.3 Å². The van der Waals surface area contributed by atoms with Crippen molar-refractivity contribution in [2.45, 2.75) is 31.6 Å². The smallest absolute Gasteiger partial charge is 0.218 e. The first kappa shape index (κ1) is 17.1. The van der Waals surface area contributed by atoms with Crippen LogP contribution in [0.5, 0.6) is 0 Å². The predicted octanol–water partition coefficient (Wildman–Crippen LogP) is 1.07. The summed E-state index contributed by atoms with van der Waals surface area (Å²) in [7, 11) is -1.72. The molecule has 0 bridgehead atoms. The standard InChI is InChI=1S/C14H24N2O3S/c1-16(9-5-2-6-10-17)20(18,19)12-14-8-4-3-7-13(14)11-15/h3-4,7-8,17H,2,5-6,9-12,15H2,1H3. The lowest BCUT2D eigenvalue weighted by molar-refractivity contribution is 0.281. The van der Waals surface area contributed by atoms with E-state index in [0.717, 1.165) is 24.0 Å². The Hall–Kier alpha value is -0.950. The maximum absolute atomic E-state index is 12.3. The van der Waals surface area contributed by atoms with Gasteiger partial charge in [-0.1, -0.05) is 24.3 Å². The van der Waals surface area contributed by atoms with Gasteiger partial charge in [0.05, 0.1) is 5.75 Å². The molecule has 1 aromatic carbocycles. The number of hydrogen-bond acceptors (Lipinski definition) is 4. The number of aliphatic hydroxyl groups excluding tert-OH is 1. The first-order valence-corrected chi connectivity index (χ1v) is 8.44. The molecule has 1 aromatic rings. The van der Waals surface area contributed by atoms with Crippen LogP contribution in [0.1, 0.15) is 30.4 Å². The molecule has 0 saturated heterocycles. The summed E-state index contributed by atoms with van der Waals surface area (Å²) in [4.78, 5) is 0. The number of hydrogen-bond donors (Lipinski definition) is 2. The summed E-state index contributed by atoms with van der Waals surface area (Å²) in [5, 5.41) is 8.70. The summed E-state index contributed by atoms with van der Waals surface area (Å²) in [6, 6.07) is 7.34. The van der Waals surface area contributed by atoms with Crippen LogP contribution in [0.2, 0.25) is 0 Å². The highest BCUT2D eigenvalue weighted by atomic mass is 32.2. The Balaban J connectivity index is 2.64. The summed E-state index contributed by atoms with van der Waals surface area (Å²) < 4.78 is 25.9. The Labute approximate surface area is 121 Å². The molecule has 0 fully saturated rings. The van der Waals surface area contributed by atoms with Gasteiger partial charge in [0.2, 0.25) is 10.0 Å². The van der Waals surface area contributed by atoms with Gasteiger partial charge in [0.1, 0.15) is 0 Å². The van der Waals surface area contributed by atoms with E-state index in [9.17, 15) is 8.42 Å². The van der Waals surface area contributed by atoms with Crippen LogP contribution in [0, 0.1) is 0 Å². The van der Waals surface area contributed by atoms with E-state index < -0.39 is 10.0 Å². The minimum Gasteiger partial charge on any atom is -0.396 e. The Kier molecular flexibility index (Phi) is 7.15. The van der Waals surface area contributed by atoms with E-state index in [-0.39, 0.29) is 12.4 Å². The second-order valence-corrected chi connectivity index (χ2v) is 6.91. The van der Waals surface area contributed by atoms with Gasteiger partial charge in [0.15, 0.2) is 0 Å². The summed E-state index contributed by atoms with van der Waals surface area (Å²) in [6.45, 7) is 0.972. The van der Waals surface area contributed by atoms with E-state index in [4.69, 9.17) is 10.8 Å². The van der Waals surface area contributed by atoms with Crippen molar-refractivity contribution in [3.05, 3.63) is 35.4 Å². The molecule has 0 aliphatic rings. The first-order valence-electron chi connectivity index (χ1n) is 6.83. The van der Waals surface area contributed by atoms with Gasteiger partial charge in [0, 0.05) is 26.7 Å². The van der Waals surface area contributed by atoms with Crippen molar-refractivity contribution in [1.29, 1.82) is 0 Å². The molecule has 5 nitrogen and oxygen atoms in total. The van der Waals surface area contributed by atoms with Crippen molar-refractivity contribution < 1.29 is 13.5 Å². The van der Waals surface area contributed by atoms with Gasteiger partial charge in [0.25, 0.3) is 0 Å². The van der Waals surface area contributed by atoms with Crippen LogP contribution in [0.15, 0.2) is 24.3 Å². The lowest BCUT2D eigenvalue weighted by atomic mass is 10.1. The molecule has 6 heteroatoms. The van der Waals surface area contributed by atoms with Crippen LogP contribution >= 0.6 is 0 Å². The van der Waals surface area contributed by atoms with Crippen molar-refractivity contribution in [2.24, 2.45) is 5.73 Å². The minimum atomic E-state index is -3.32. The highest BCUT2D eigenvalue weighted by molar-refractivity contribution is 7.88. The van der Waals surface area contributed by atoms with Crippen molar-refractivity contribution in [2.75, 3.05) is 20.2 Å². The van der Waals surface area contributed by atoms with E-state index in [0.29, 0.717) is 19.5 Å². The molecule has 0 atom stereocenters. The molecule has 0 unspecified atom stereocenters. The third-order valence-corrected chi connectivity index (χ3v) is 5.09. The molecule has 1 rings (SSSR count). The van der Waals surface area contributed by atoms with Crippen LogP contribution in [-0.4, -0.2) is 38.0 Å². The zero-order valence-corrected chi connectivity index (χ0v) is 12.8. The van der Waals surface area contributed by atoms with E-state index >= 15 is 0 Å². The third kappa shape index (κ3) is 5.20. The molecule has 0 amide bonds. The largest absolute Gasteiger partial charge is 0.396 e. The Morgan fingerprint density at radius 3 is 2.40 bits per heavy atom. The lowest BCUT2D eigenvalue weighted by Crippen LogP contribution is -2.29. The monoisotopic (exact) mass is 300 g/mol. The van der Waals surface area contributed by atoms with Crippen LogP contribution in [0.25, 0.3) is 0 Å². The lowest BCUT2D eigenvalue weighted by Gasteiger charge is -2.18. The molecule has 0 radical (unpaired) electrons. The van der Waals surface area contributed by atoms with E-state index in [2.05, 4.69) is 0 Å². The number of nitrogens with two attached hydrogens (primary N) is 1. The van der Waals surface area contributed by atoms with Crippen LogP contribution < -0.4 is 5.73 Å². The number of benzene rings is 1. The van der Waals surface area contributed by atoms with Gasteiger partial charge in [-0.3, -0.25) is 0 Å². The van der Waals surface area contributed by atoms with Crippen LogP contribution in [0.4, 0.5) is 0 Å². The molecule has 0 aromatic heterocycles. The molecule has 0 spiro atoms. The summed E-state index contributed by atoms with van der Waals surface area (Å²) >= 11 is 0. The first-order chi connectivity index (χ1) is 9.51. The molecule has 20 heavy (non-hydrogen) atoms. The average molecular weight is 300 g/mol. The predicted molar refractivity (Wildman–Crippen MR) is 80.5 cm³/mol. The minimum absolute atomic E-state index is 0.0170. The van der Waals surface area contributed by atoms with E-state index in [1.807, 2.05) is 18.2 Å². The van der Waals surface area contributed by atoms with Gasteiger partial charge in [-0.2, -0.15) is 0 Å². The number of sulfonamides is 1. The summed E-state index contributed by atoms with van der Waals surface area (Å²) in [5.41, 5.74) is 7.25. The Morgan fingerprint density at radius 1 is 1.15 bits per heavy atom. The van der Waals surface area contributed by atoms with Gasteiger partial charge >= 0.3 is 0 Å². The molecule has 0 aliphatic heterocycles. The van der Waals surface area contributed by atoms with Gasteiger partial charge in [-0.05, 0) is 30.4 Å². The Bertz CT molecular complexity index is 503. The third-order valence-electron chi connectivity index (χ3n) is 3.28. The second-order valence-electron chi connectivity index (χ2n) is 4.83. The van der Waals surface area contributed by atoms with Gasteiger partial charge in [-0.25, -0.2) is 12.7 Å². The SMILES string of the molecule is CN(CCCCCO)S(=O)(=O)Cc1ccccc1CN. The maximum atomic E-state index is 12.3. The summed E-state index contributed by atoms with van der Waals surface area (Å²) in [6.07, 6.45) is 2.30. The molecule has 3 N–H and O–H groups in total. The number of aliphatic hydroxyl groups is 1. The number of rotatable bonds is 9. The molecule has 0 saturated carbocycles. The molecule has 114 valence electrons. The van der Waals surface area contributed by atoms with Crippen molar-refractivity contribution >= 4 is 10.0 Å². The zero-order valence-electron chi connectivity index (χ0n) is 12.0. The van der Waals surface area contributed by atoms with E-state index in [1.54, 1.807) is 13.1 Å². The highest BCUT2D eigenvalue weighted by Gasteiger charge is 2.19. The zero-order chi connectivity index (χ0) is 15.0. The topological polar surface area (TPSA) is 83.6 Å². The fourth-order valence-electron chi connectivity index (χ4n) is 1.97. The van der Waals surface area contributed by atoms with Gasteiger partial charge < -0.3 is 10.8 Å². The maximum Gasteiger partial charge on any atom is 0.218 e. The highest BCUT2D eigenvalue weighted by Crippen LogP contribution is 2.14. The normalized spacial score (nSPS) is 12.0. The fraction of sp³-hybridized carbons (Fsp3) is 0.571. The second kappa shape index (κ2) is 8.36. The van der Waals surface area contributed by atoms with Gasteiger partial charge in [-0.15, -0.1) is 0 Å². The van der Waals surface area contributed by atoms with Crippen LogP contribution in [0.3, 0.4) is 0 Å². The average Bonchev–Trinajstić information content (AvgIpc) is 2.43. The molecular weight excluding hydrogens is 276 g/mol. The quantitative estimate of drug-likeness (QED) is 0.668.